The maximum atomic E-state index is 13.0. The molecule has 1 atom stereocenters. The first-order valence-corrected chi connectivity index (χ1v) is 12.7. The van der Waals surface area contributed by atoms with Gasteiger partial charge in [0.2, 0.25) is 5.91 Å². The molecule has 2 fully saturated rings. The van der Waals surface area contributed by atoms with Gasteiger partial charge in [0.05, 0.1) is 30.3 Å². The molecule has 0 aliphatic carbocycles. The molecule has 2 aliphatic heterocycles. The van der Waals surface area contributed by atoms with Crippen molar-refractivity contribution in [1.29, 1.82) is 0 Å². The number of carbonyl (C=O) groups excluding carboxylic acids is 1. The summed E-state index contributed by atoms with van der Waals surface area (Å²) in [6.45, 7) is 4.85. The van der Waals surface area contributed by atoms with Crippen molar-refractivity contribution in [3.8, 4) is 11.3 Å². The second-order valence-corrected chi connectivity index (χ2v) is 9.47. The highest BCUT2D eigenvalue weighted by atomic mass is 32.2. The van der Waals surface area contributed by atoms with Crippen molar-refractivity contribution in [2.24, 2.45) is 0 Å². The lowest BCUT2D eigenvalue weighted by atomic mass is 10.1. The van der Waals surface area contributed by atoms with Crippen LogP contribution in [0, 0.1) is 0 Å². The van der Waals surface area contributed by atoms with Crippen LogP contribution in [0.4, 0.5) is 5.69 Å². The molecule has 2 aliphatic rings. The minimum Gasteiger partial charge on any atom is -0.376 e. The Morgan fingerprint density at radius 2 is 1.73 bits per heavy atom. The van der Waals surface area contributed by atoms with Crippen molar-refractivity contribution in [3.05, 3.63) is 66.9 Å². The largest absolute Gasteiger partial charge is 0.376 e. The molecule has 7 heteroatoms. The zero-order valence-electron chi connectivity index (χ0n) is 18.8. The number of nitrogens with zero attached hydrogens (tertiary/aromatic N) is 4. The number of hydrogen-bond acceptors (Lipinski definition) is 5. The predicted molar refractivity (Wildman–Crippen MR) is 133 cm³/mol. The molecule has 0 spiro atoms. The normalized spacial score (nSPS) is 18.6. The Hall–Kier alpha value is -2.77. The van der Waals surface area contributed by atoms with Gasteiger partial charge >= 0.3 is 0 Å². The van der Waals surface area contributed by atoms with Gasteiger partial charge in [-0.3, -0.25) is 4.79 Å². The van der Waals surface area contributed by atoms with Gasteiger partial charge < -0.3 is 19.1 Å². The second-order valence-electron chi connectivity index (χ2n) is 8.53. The van der Waals surface area contributed by atoms with Crippen LogP contribution < -0.4 is 4.90 Å². The lowest BCUT2D eigenvalue weighted by molar-refractivity contribution is -0.128. The third kappa shape index (κ3) is 5.25. The van der Waals surface area contributed by atoms with Gasteiger partial charge in [-0.25, -0.2) is 4.98 Å². The van der Waals surface area contributed by atoms with Crippen LogP contribution in [0.2, 0.25) is 0 Å². The highest BCUT2D eigenvalue weighted by molar-refractivity contribution is 7.99. The number of piperazine rings is 1. The van der Waals surface area contributed by atoms with E-state index in [1.54, 1.807) is 0 Å². The maximum Gasteiger partial charge on any atom is 0.233 e. The molecule has 33 heavy (non-hydrogen) atoms. The fourth-order valence-corrected chi connectivity index (χ4v) is 5.44. The molecule has 1 aromatic heterocycles. The van der Waals surface area contributed by atoms with Gasteiger partial charge in [0, 0.05) is 38.5 Å². The van der Waals surface area contributed by atoms with Gasteiger partial charge in [0.25, 0.3) is 0 Å². The third-order valence-corrected chi connectivity index (χ3v) is 7.35. The molecule has 0 saturated carbocycles. The number of imidazole rings is 1. The molecule has 3 aromatic rings. The summed E-state index contributed by atoms with van der Waals surface area (Å²) in [6.07, 6.45) is 4.31. The molecule has 0 bridgehead atoms. The minimum atomic E-state index is 0.181. The smallest absolute Gasteiger partial charge is 0.233 e. The van der Waals surface area contributed by atoms with Crippen LogP contribution in [0.1, 0.15) is 12.8 Å². The van der Waals surface area contributed by atoms with Gasteiger partial charge in [0.1, 0.15) is 0 Å². The number of aromatic nitrogens is 2. The first-order chi connectivity index (χ1) is 16.3. The number of rotatable bonds is 7. The van der Waals surface area contributed by atoms with Gasteiger partial charge in [-0.1, -0.05) is 60.3 Å². The van der Waals surface area contributed by atoms with Crippen molar-refractivity contribution < 1.29 is 9.53 Å². The summed E-state index contributed by atoms with van der Waals surface area (Å²) in [5, 5.41) is 0.889. The average Bonchev–Trinajstić information content (AvgIpc) is 3.54. The van der Waals surface area contributed by atoms with E-state index in [-0.39, 0.29) is 12.0 Å². The van der Waals surface area contributed by atoms with Gasteiger partial charge in [-0.05, 0) is 30.5 Å². The number of anilines is 1. The van der Waals surface area contributed by atoms with Gasteiger partial charge in [-0.15, -0.1) is 0 Å². The number of amides is 1. The first-order valence-electron chi connectivity index (χ1n) is 11.7. The lowest BCUT2D eigenvalue weighted by Gasteiger charge is -2.36. The van der Waals surface area contributed by atoms with E-state index in [1.165, 1.54) is 17.4 Å². The summed E-state index contributed by atoms with van der Waals surface area (Å²) in [5.74, 6) is 0.586. The molecule has 5 rings (SSSR count). The number of carbonyl (C=O) groups is 1. The summed E-state index contributed by atoms with van der Waals surface area (Å²) in [4.78, 5) is 22.0. The summed E-state index contributed by atoms with van der Waals surface area (Å²) in [5.41, 5.74) is 3.44. The number of thioether (sulfide) groups is 1. The molecule has 2 saturated heterocycles. The van der Waals surface area contributed by atoms with Crippen molar-refractivity contribution in [3.63, 3.8) is 0 Å². The number of benzene rings is 2. The Kier molecular flexibility index (Phi) is 6.98. The molecule has 2 aromatic carbocycles. The molecule has 0 unspecified atom stereocenters. The number of para-hydroxylation sites is 1. The van der Waals surface area contributed by atoms with Crippen molar-refractivity contribution >= 4 is 23.4 Å². The van der Waals surface area contributed by atoms with Crippen molar-refractivity contribution in [2.45, 2.75) is 30.6 Å². The number of ether oxygens (including phenoxy) is 1. The summed E-state index contributed by atoms with van der Waals surface area (Å²) in [7, 11) is 0. The van der Waals surface area contributed by atoms with Crippen LogP contribution in [-0.4, -0.2) is 65.0 Å². The zero-order valence-corrected chi connectivity index (χ0v) is 19.6. The molecule has 172 valence electrons. The van der Waals surface area contributed by atoms with Gasteiger partial charge in [-0.2, -0.15) is 0 Å². The Labute approximate surface area is 199 Å². The molecular formula is C26H30N4O2S. The molecule has 3 heterocycles. The van der Waals surface area contributed by atoms with Crippen molar-refractivity contribution in [2.75, 3.05) is 43.4 Å². The zero-order chi connectivity index (χ0) is 22.5. The molecule has 0 radical (unpaired) electrons. The third-order valence-electron chi connectivity index (χ3n) is 6.38. The fourth-order valence-electron chi connectivity index (χ4n) is 4.55. The van der Waals surface area contributed by atoms with Crippen LogP contribution >= 0.6 is 11.8 Å². The topological polar surface area (TPSA) is 50.6 Å². The SMILES string of the molecule is O=C(CSc1ncc(-c2ccccc2)n1C[C@H]1CCCO1)N1CCN(c2ccccc2)CC1. The van der Waals surface area contributed by atoms with E-state index in [0.717, 1.165) is 68.6 Å². The van der Waals surface area contributed by atoms with Gasteiger partial charge in [0.15, 0.2) is 5.16 Å². The minimum absolute atomic E-state index is 0.181. The molecule has 1 amide bonds. The van der Waals surface area contributed by atoms with Crippen LogP contribution in [0.15, 0.2) is 72.0 Å². The van der Waals surface area contributed by atoms with E-state index in [4.69, 9.17) is 9.72 Å². The van der Waals surface area contributed by atoms with Crippen LogP contribution in [0.3, 0.4) is 0 Å². The fraction of sp³-hybridized carbons (Fsp3) is 0.385. The van der Waals surface area contributed by atoms with E-state index in [9.17, 15) is 4.79 Å². The van der Waals surface area contributed by atoms with E-state index < -0.39 is 0 Å². The summed E-state index contributed by atoms with van der Waals surface area (Å²) < 4.78 is 8.13. The van der Waals surface area contributed by atoms with E-state index in [0.29, 0.717) is 5.75 Å². The lowest BCUT2D eigenvalue weighted by Crippen LogP contribution is -2.49. The standard InChI is InChI=1S/C26H30N4O2S/c31-25(29-15-13-28(14-16-29)22-10-5-2-6-11-22)20-33-26-27-18-24(21-8-3-1-4-9-21)30(26)19-23-12-7-17-32-23/h1-6,8-11,18,23H,7,12-17,19-20H2/t23-/m1/s1. The Balaban J connectivity index is 1.23. The summed E-state index contributed by atoms with van der Waals surface area (Å²) >= 11 is 1.54. The second kappa shape index (κ2) is 10.4. The Morgan fingerprint density at radius 1 is 1.00 bits per heavy atom. The molecular weight excluding hydrogens is 432 g/mol. The molecule has 6 nitrogen and oxygen atoms in total. The average molecular weight is 463 g/mol. The Bertz CT molecular complexity index is 1040. The van der Waals surface area contributed by atoms with E-state index in [2.05, 4.69) is 45.9 Å². The maximum absolute atomic E-state index is 13.0. The highest BCUT2D eigenvalue weighted by Gasteiger charge is 2.24. The van der Waals surface area contributed by atoms with E-state index >= 15 is 0 Å². The monoisotopic (exact) mass is 462 g/mol. The Morgan fingerprint density at radius 3 is 2.42 bits per heavy atom. The van der Waals surface area contributed by atoms with Crippen molar-refractivity contribution in [1.82, 2.24) is 14.5 Å². The van der Waals surface area contributed by atoms with E-state index in [1.807, 2.05) is 35.4 Å². The number of hydrogen-bond donors (Lipinski definition) is 0. The van der Waals surface area contributed by atoms with Crippen LogP contribution in [0.5, 0.6) is 0 Å². The predicted octanol–water partition coefficient (Wildman–Crippen LogP) is 4.17. The van der Waals surface area contributed by atoms with Crippen LogP contribution in [0.25, 0.3) is 11.3 Å². The molecule has 0 N–H and O–H groups in total. The van der Waals surface area contributed by atoms with Crippen LogP contribution in [-0.2, 0) is 16.1 Å². The quantitative estimate of drug-likeness (QED) is 0.493. The highest BCUT2D eigenvalue weighted by Crippen LogP contribution is 2.28. The first kappa shape index (κ1) is 22.0. The summed E-state index contributed by atoms with van der Waals surface area (Å²) in [6, 6.07) is 20.7.